The van der Waals surface area contributed by atoms with E-state index in [2.05, 4.69) is 0 Å². The van der Waals surface area contributed by atoms with Gasteiger partial charge < -0.3 is 9.84 Å². The highest BCUT2D eigenvalue weighted by Crippen LogP contribution is 2.32. The van der Waals surface area contributed by atoms with Gasteiger partial charge in [0.2, 0.25) is 10.0 Å². The third-order valence-corrected chi connectivity index (χ3v) is 5.79. The van der Waals surface area contributed by atoms with Gasteiger partial charge in [-0.25, -0.2) is 8.42 Å². The number of aryl methyl sites for hydroxylation is 2. The zero-order chi connectivity index (χ0) is 15.8. The van der Waals surface area contributed by atoms with E-state index in [4.69, 9.17) is 9.84 Å². The summed E-state index contributed by atoms with van der Waals surface area (Å²) in [7, 11) is -2.04. The maximum atomic E-state index is 12.6. The second kappa shape index (κ2) is 5.65. The molecule has 0 unspecified atom stereocenters. The number of hydrogen-bond donors (Lipinski definition) is 1. The maximum Gasteiger partial charge on any atom is 0.303 e. The molecular formula is C14H19NO5S. The highest BCUT2D eigenvalue weighted by atomic mass is 32.2. The number of hydrogen-bond acceptors (Lipinski definition) is 4. The Balaban J connectivity index is 2.24. The van der Waals surface area contributed by atoms with Crippen LogP contribution in [0.5, 0.6) is 5.75 Å². The monoisotopic (exact) mass is 313 g/mol. The van der Waals surface area contributed by atoms with Crippen molar-refractivity contribution < 1.29 is 23.1 Å². The van der Waals surface area contributed by atoms with Crippen molar-refractivity contribution in [2.75, 3.05) is 20.2 Å². The van der Waals surface area contributed by atoms with Gasteiger partial charge in [-0.3, -0.25) is 4.79 Å². The zero-order valence-corrected chi connectivity index (χ0v) is 13.1. The summed E-state index contributed by atoms with van der Waals surface area (Å²) in [6, 6.07) is 3.38. The second-order valence-electron chi connectivity index (χ2n) is 5.38. The molecule has 1 fully saturated rings. The van der Waals surface area contributed by atoms with Crippen LogP contribution in [0.4, 0.5) is 0 Å². The normalized spacial score (nSPS) is 16.5. The lowest BCUT2D eigenvalue weighted by Crippen LogP contribution is -2.50. The predicted molar refractivity (Wildman–Crippen MR) is 77.0 cm³/mol. The first-order chi connectivity index (χ1) is 9.75. The third kappa shape index (κ3) is 3.03. The van der Waals surface area contributed by atoms with Crippen LogP contribution in [0, 0.1) is 19.8 Å². The van der Waals surface area contributed by atoms with Crippen molar-refractivity contribution in [1.82, 2.24) is 4.31 Å². The number of carbonyl (C=O) groups is 1. The smallest absolute Gasteiger partial charge is 0.303 e. The summed E-state index contributed by atoms with van der Waals surface area (Å²) in [4.78, 5) is 10.9. The van der Waals surface area contributed by atoms with E-state index in [1.54, 1.807) is 26.0 Å². The molecule has 1 saturated heterocycles. The molecule has 1 aliphatic rings. The number of carboxylic acid groups (broad SMARTS) is 1. The van der Waals surface area contributed by atoms with Gasteiger partial charge >= 0.3 is 5.97 Å². The van der Waals surface area contributed by atoms with Crippen molar-refractivity contribution in [3.8, 4) is 5.75 Å². The van der Waals surface area contributed by atoms with Gasteiger partial charge in [0.25, 0.3) is 0 Å². The molecule has 1 N–H and O–H groups in total. The Morgan fingerprint density at radius 2 is 1.86 bits per heavy atom. The summed E-state index contributed by atoms with van der Waals surface area (Å²) in [6.07, 6.45) is 0.00654. The standard InChI is InChI=1S/C14H19NO5S/c1-9-4-12(20-3)5-10(2)14(9)21(18,19)15-7-11(8-15)6-13(16)17/h4-5,11H,6-8H2,1-3H3,(H,16,17). The highest BCUT2D eigenvalue weighted by Gasteiger charge is 2.38. The number of methoxy groups -OCH3 is 1. The molecule has 0 aromatic heterocycles. The molecule has 6 nitrogen and oxygen atoms in total. The number of nitrogens with zero attached hydrogens (tertiary/aromatic N) is 1. The zero-order valence-electron chi connectivity index (χ0n) is 12.3. The Morgan fingerprint density at radius 3 is 2.29 bits per heavy atom. The third-order valence-electron chi connectivity index (χ3n) is 3.65. The van der Waals surface area contributed by atoms with Crippen LogP contribution in [0.25, 0.3) is 0 Å². The van der Waals surface area contributed by atoms with Gasteiger partial charge in [0.05, 0.1) is 18.4 Å². The van der Waals surface area contributed by atoms with Crippen LogP contribution < -0.4 is 4.74 Å². The van der Waals surface area contributed by atoms with Crippen LogP contribution in [-0.4, -0.2) is 44.0 Å². The van der Waals surface area contributed by atoms with E-state index in [0.29, 0.717) is 16.9 Å². The SMILES string of the molecule is COc1cc(C)c(S(=O)(=O)N2CC(CC(=O)O)C2)c(C)c1. The van der Waals surface area contributed by atoms with Crippen LogP contribution in [0.2, 0.25) is 0 Å². The molecule has 0 radical (unpaired) electrons. The number of aliphatic carboxylic acids is 1. The van der Waals surface area contributed by atoms with Crippen molar-refractivity contribution in [1.29, 1.82) is 0 Å². The van der Waals surface area contributed by atoms with Crippen molar-refractivity contribution >= 4 is 16.0 Å². The van der Waals surface area contributed by atoms with Crippen molar-refractivity contribution in [2.45, 2.75) is 25.2 Å². The molecule has 1 aromatic carbocycles. The van der Waals surface area contributed by atoms with Crippen molar-refractivity contribution in [2.24, 2.45) is 5.92 Å². The average Bonchev–Trinajstić information content (AvgIpc) is 2.31. The lowest BCUT2D eigenvalue weighted by Gasteiger charge is -2.37. The minimum absolute atomic E-state index is 0.00654. The maximum absolute atomic E-state index is 12.6. The Bertz CT molecular complexity index is 639. The van der Waals surface area contributed by atoms with Crippen LogP contribution in [0.15, 0.2) is 17.0 Å². The molecule has 116 valence electrons. The van der Waals surface area contributed by atoms with Gasteiger partial charge in [-0.1, -0.05) is 0 Å². The van der Waals surface area contributed by atoms with E-state index in [0.717, 1.165) is 0 Å². The van der Waals surface area contributed by atoms with Crippen LogP contribution in [-0.2, 0) is 14.8 Å². The molecule has 0 saturated carbocycles. The van der Waals surface area contributed by atoms with Crippen LogP contribution >= 0.6 is 0 Å². The first kappa shape index (κ1) is 15.8. The summed E-state index contributed by atoms with van der Waals surface area (Å²) in [5.74, 6) is -0.374. The van der Waals surface area contributed by atoms with E-state index < -0.39 is 16.0 Å². The Kier molecular flexibility index (Phi) is 4.25. The fourth-order valence-corrected chi connectivity index (χ4v) is 4.66. The Morgan fingerprint density at radius 1 is 1.33 bits per heavy atom. The van der Waals surface area contributed by atoms with Crippen molar-refractivity contribution in [3.05, 3.63) is 23.3 Å². The lowest BCUT2D eigenvalue weighted by atomic mass is 10.00. The predicted octanol–water partition coefficient (Wildman–Crippen LogP) is 1.41. The molecule has 0 spiro atoms. The van der Waals surface area contributed by atoms with Crippen molar-refractivity contribution in [3.63, 3.8) is 0 Å². The molecule has 0 amide bonds. The van der Waals surface area contributed by atoms with E-state index in [9.17, 15) is 13.2 Å². The summed E-state index contributed by atoms with van der Waals surface area (Å²) in [5.41, 5.74) is 1.27. The second-order valence-corrected chi connectivity index (χ2v) is 7.25. The molecule has 1 heterocycles. The molecule has 0 bridgehead atoms. The molecule has 7 heteroatoms. The van der Waals surface area contributed by atoms with E-state index >= 15 is 0 Å². The Hall–Kier alpha value is -1.60. The van der Waals surface area contributed by atoms with Gasteiger partial charge in [-0.15, -0.1) is 0 Å². The molecule has 1 aliphatic heterocycles. The minimum Gasteiger partial charge on any atom is -0.497 e. The quantitative estimate of drug-likeness (QED) is 0.888. The number of benzene rings is 1. The first-order valence-corrected chi connectivity index (χ1v) is 8.07. The van der Waals surface area contributed by atoms with Gasteiger partial charge in [0.15, 0.2) is 0 Å². The molecule has 21 heavy (non-hydrogen) atoms. The van der Waals surface area contributed by atoms with E-state index in [-0.39, 0.29) is 30.3 Å². The lowest BCUT2D eigenvalue weighted by molar-refractivity contribution is -0.139. The summed E-state index contributed by atoms with van der Waals surface area (Å²) >= 11 is 0. The molecule has 1 aromatic rings. The summed E-state index contributed by atoms with van der Waals surface area (Å²) in [6.45, 7) is 3.99. The van der Waals surface area contributed by atoms with Crippen LogP contribution in [0.1, 0.15) is 17.5 Å². The number of ether oxygens (including phenoxy) is 1. The van der Waals surface area contributed by atoms with Gasteiger partial charge in [0.1, 0.15) is 5.75 Å². The van der Waals surface area contributed by atoms with Gasteiger partial charge in [0, 0.05) is 13.1 Å². The van der Waals surface area contributed by atoms with Gasteiger partial charge in [-0.05, 0) is 43.0 Å². The number of rotatable bonds is 5. The fraction of sp³-hybridized carbons (Fsp3) is 0.500. The first-order valence-electron chi connectivity index (χ1n) is 6.63. The number of carboxylic acids is 1. The molecular weight excluding hydrogens is 294 g/mol. The summed E-state index contributed by atoms with van der Waals surface area (Å²) < 4.78 is 31.7. The molecule has 2 rings (SSSR count). The van der Waals surface area contributed by atoms with Gasteiger partial charge in [-0.2, -0.15) is 4.31 Å². The summed E-state index contributed by atoms with van der Waals surface area (Å²) in [5, 5.41) is 8.72. The van der Waals surface area contributed by atoms with E-state index in [1.165, 1.54) is 11.4 Å². The topological polar surface area (TPSA) is 83.9 Å². The van der Waals surface area contributed by atoms with Crippen LogP contribution in [0.3, 0.4) is 0 Å². The number of sulfonamides is 1. The molecule has 0 atom stereocenters. The Labute approximate surface area is 124 Å². The average molecular weight is 313 g/mol. The highest BCUT2D eigenvalue weighted by molar-refractivity contribution is 7.89. The largest absolute Gasteiger partial charge is 0.497 e. The fourth-order valence-electron chi connectivity index (χ4n) is 2.66. The minimum atomic E-state index is -3.57. The van der Waals surface area contributed by atoms with E-state index in [1.807, 2.05) is 0 Å². The molecule has 0 aliphatic carbocycles.